The second-order valence-electron chi connectivity index (χ2n) is 2.53. The first-order chi connectivity index (χ1) is 5.86. The molecule has 0 radical (unpaired) electrons. The first-order valence-corrected chi connectivity index (χ1v) is 4.47. The molecule has 0 saturated carbocycles. The normalized spacial score (nSPS) is 22.9. The predicted molar refractivity (Wildman–Crippen MR) is 50.1 cm³/mol. The van der Waals surface area contributed by atoms with Gasteiger partial charge in [-0.05, 0) is 22.6 Å². The summed E-state index contributed by atoms with van der Waals surface area (Å²) in [6.07, 6.45) is -5.20. The summed E-state index contributed by atoms with van der Waals surface area (Å²) in [6, 6.07) is 0. The molecule has 4 atom stereocenters. The molecule has 0 bridgehead atoms. The van der Waals surface area contributed by atoms with Gasteiger partial charge in [0.25, 0.3) is 0 Å². The minimum absolute atomic E-state index is 0.0333. The van der Waals surface area contributed by atoms with Crippen LogP contribution >= 0.6 is 22.6 Å². The predicted octanol–water partition coefficient (Wildman–Crippen LogP) is -2.62. The average Bonchev–Trinajstić information content (AvgIpc) is 2.14. The van der Waals surface area contributed by atoms with E-state index in [1.54, 1.807) is 0 Å². The highest BCUT2D eigenvalue weighted by atomic mass is 127. The third kappa shape index (κ3) is 3.44. The number of aliphatic hydroxyl groups is 5. The van der Waals surface area contributed by atoms with Gasteiger partial charge in [0.15, 0.2) is 9.89 Å². The molecule has 0 fully saturated rings. The summed E-state index contributed by atoms with van der Waals surface area (Å²) in [5, 5.41) is 44.6. The van der Waals surface area contributed by atoms with Gasteiger partial charge in [-0.15, -0.1) is 0 Å². The number of halogens is 1. The highest BCUT2D eigenvalue weighted by Gasteiger charge is 2.40. The zero-order valence-corrected chi connectivity index (χ0v) is 8.70. The third-order valence-electron chi connectivity index (χ3n) is 1.48. The molecular formula is C6H11IO6. The standard InChI is InChI=1S/C6H11IO6/c7-6(13,2-9)5(12)4(11)3(10)1-8/h2-5,8,10-13H,1H2/t3-,4-,5+,6+/m1/s1. The molecule has 6 nitrogen and oxygen atoms in total. The molecule has 7 heteroatoms. The number of aldehydes is 1. The average molecular weight is 306 g/mol. The van der Waals surface area contributed by atoms with Crippen LogP contribution in [0.5, 0.6) is 0 Å². The molecule has 0 heterocycles. The lowest BCUT2D eigenvalue weighted by molar-refractivity contribution is -0.139. The van der Waals surface area contributed by atoms with Gasteiger partial charge in [-0.3, -0.25) is 4.79 Å². The SMILES string of the molecule is O=C[C@@](O)(I)[C@@H](O)[C@H](O)[C@H](O)CO. The number of carbonyl (C=O) groups excluding carboxylic acids is 1. The van der Waals surface area contributed by atoms with Gasteiger partial charge >= 0.3 is 0 Å². The number of alkyl halides is 1. The molecule has 0 aliphatic rings. The summed E-state index contributed by atoms with van der Waals surface area (Å²) in [4.78, 5) is 10.2. The van der Waals surface area contributed by atoms with E-state index in [0.717, 1.165) is 0 Å². The van der Waals surface area contributed by atoms with Crippen molar-refractivity contribution in [3.05, 3.63) is 0 Å². The van der Waals surface area contributed by atoms with Crippen LogP contribution in [0.25, 0.3) is 0 Å². The van der Waals surface area contributed by atoms with Crippen molar-refractivity contribution in [2.75, 3.05) is 6.61 Å². The van der Waals surface area contributed by atoms with E-state index in [-0.39, 0.29) is 6.29 Å². The van der Waals surface area contributed by atoms with Crippen molar-refractivity contribution < 1.29 is 30.3 Å². The molecule has 5 N–H and O–H groups in total. The fourth-order valence-corrected chi connectivity index (χ4v) is 0.996. The Labute approximate surface area is 88.0 Å². The maximum Gasteiger partial charge on any atom is 0.199 e. The topological polar surface area (TPSA) is 118 Å². The fraction of sp³-hybridized carbons (Fsp3) is 0.833. The van der Waals surface area contributed by atoms with Crippen molar-refractivity contribution in [2.24, 2.45) is 0 Å². The lowest BCUT2D eigenvalue weighted by atomic mass is 10.0. The number of hydrogen-bond donors (Lipinski definition) is 5. The highest BCUT2D eigenvalue weighted by Crippen LogP contribution is 2.20. The zero-order valence-electron chi connectivity index (χ0n) is 6.54. The molecule has 0 amide bonds. The molecule has 78 valence electrons. The second kappa shape index (κ2) is 5.17. The van der Waals surface area contributed by atoms with Crippen LogP contribution in [0.3, 0.4) is 0 Å². The van der Waals surface area contributed by atoms with E-state index in [9.17, 15) is 4.79 Å². The Morgan fingerprint density at radius 2 is 1.85 bits per heavy atom. The van der Waals surface area contributed by atoms with Crippen LogP contribution in [0.1, 0.15) is 0 Å². The first kappa shape index (κ1) is 13.2. The Hall–Kier alpha value is 0.200. The van der Waals surface area contributed by atoms with Crippen LogP contribution in [0.2, 0.25) is 0 Å². The van der Waals surface area contributed by atoms with E-state index < -0.39 is 28.5 Å². The zero-order chi connectivity index (χ0) is 10.6. The second-order valence-corrected chi connectivity index (χ2v) is 4.26. The summed E-state index contributed by atoms with van der Waals surface area (Å²) in [5.41, 5.74) is 0. The van der Waals surface area contributed by atoms with Crippen molar-refractivity contribution in [3.63, 3.8) is 0 Å². The van der Waals surface area contributed by atoms with Crippen molar-refractivity contribution in [3.8, 4) is 0 Å². The van der Waals surface area contributed by atoms with Crippen LogP contribution in [0, 0.1) is 0 Å². The highest BCUT2D eigenvalue weighted by molar-refractivity contribution is 14.1. The Bertz CT molecular complexity index is 173. The molecule has 0 aliphatic carbocycles. The van der Waals surface area contributed by atoms with Gasteiger partial charge in [-0.1, -0.05) is 0 Å². The van der Waals surface area contributed by atoms with E-state index in [1.807, 2.05) is 0 Å². The monoisotopic (exact) mass is 306 g/mol. The molecule has 13 heavy (non-hydrogen) atoms. The fourth-order valence-electron chi connectivity index (χ4n) is 0.628. The Morgan fingerprint density at radius 3 is 2.15 bits per heavy atom. The summed E-state index contributed by atoms with van der Waals surface area (Å²) in [6.45, 7) is -0.774. The van der Waals surface area contributed by atoms with Crippen LogP contribution in [-0.4, -0.2) is 60.3 Å². The van der Waals surface area contributed by atoms with Gasteiger partial charge < -0.3 is 25.5 Å². The molecule has 0 aromatic rings. The van der Waals surface area contributed by atoms with Crippen molar-refractivity contribution >= 4 is 28.9 Å². The third-order valence-corrected chi connectivity index (χ3v) is 2.38. The van der Waals surface area contributed by atoms with Crippen molar-refractivity contribution in [2.45, 2.75) is 21.9 Å². The largest absolute Gasteiger partial charge is 0.394 e. The Morgan fingerprint density at radius 1 is 1.38 bits per heavy atom. The molecule has 0 saturated heterocycles. The van der Waals surface area contributed by atoms with Crippen LogP contribution < -0.4 is 0 Å². The van der Waals surface area contributed by atoms with E-state index in [0.29, 0.717) is 0 Å². The lowest BCUT2D eigenvalue weighted by Crippen LogP contribution is -2.51. The Kier molecular flexibility index (Phi) is 5.25. The van der Waals surface area contributed by atoms with Crippen molar-refractivity contribution in [1.82, 2.24) is 0 Å². The molecule has 0 aromatic heterocycles. The molecular weight excluding hydrogens is 295 g/mol. The smallest absolute Gasteiger partial charge is 0.199 e. The molecule has 0 rings (SSSR count). The maximum atomic E-state index is 10.2. The minimum Gasteiger partial charge on any atom is -0.394 e. The van der Waals surface area contributed by atoms with Crippen LogP contribution in [0.15, 0.2) is 0 Å². The molecule has 0 unspecified atom stereocenters. The minimum atomic E-state index is -2.17. The van der Waals surface area contributed by atoms with Crippen LogP contribution in [-0.2, 0) is 4.79 Å². The number of rotatable bonds is 5. The Balaban J connectivity index is 4.40. The summed E-state index contributed by atoms with van der Waals surface area (Å²) in [5.74, 6) is 0. The summed E-state index contributed by atoms with van der Waals surface area (Å²) >= 11 is 1.22. The number of carbonyl (C=O) groups is 1. The van der Waals surface area contributed by atoms with Gasteiger partial charge in [0.1, 0.15) is 18.3 Å². The molecule has 0 aromatic carbocycles. The first-order valence-electron chi connectivity index (χ1n) is 3.39. The summed E-state index contributed by atoms with van der Waals surface area (Å²) in [7, 11) is 0. The van der Waals surface area contributed by atoms with E-state index >= 15 is 0 Å². The maximum absolute atomic E-state index is 10.2. The number of aliphatic hydroxyl groups excluding tert-OH is 4. The van der Waals surface area contributed by atoms with Gasteiger partial charge in [-0.25, -0.2) is 0 Å². The van der Waals surface area contributed by atoms with Gasteiger partial charge in [0.2, 0.25) is 0 Å². The van der Waals surface area contributed by atoms with Gasteiger partial charge in [0, 0.05) is 0 Å². The van der Waals surface area contributed by atoms with Gasteiger partial charge in [-0.2, -0.15) is 0 Å². The quantitative estimate of drug-likeness (QED) is 0.216. The molecule has 0 spiro atoms. The van der Waals surface area contributed by atoms with Crippen LogP contribution in [0.4, 0.5) is 0 Å². The number of hydrogen-bond acceptors (Lipinski definition) is 6. The van der Waals surface area contributed by atoms with E-state index in [4.69, 9.17) is 25.5 Å². The lowest BCUT2D eigenvalue weighted by Gasteiger charge is -2.27. The summed E-state index contributed by atoms with van der Waals surface area (Å²) < 4.78 is -2.17. The van der Waals surface area contributed by atoms with Crippen molar-refractivity contribution in [1.29, 1.82) is 0 Å². The van der Waals surface area contributed by atoms with E-state index in [1.165, 1.54) is 22.6 Å². The van der Waals surface area contributed by atoms with E-state index in [2.05, 4.69) is 0 Å². The molecule has 0 aliphatic heterocycles. The van der Waals surface area contributed by atoms with Gasteiger partial charge in [0.05, 0.1) is 6.61 Å².